The molecule has 21 heavy (non-hydrogen) atoms. The quantitative estimate of drug-likeness (QED) is 0.757. The van der Waals surface area contributed by atoms with E-state index in [4.69, 9.17) is 23.2 Å². The van der Waals surface area contributed by atoms with E-state index in [1.54, 1.807) is 6.20 Å². The number of rotatable bonds is 5. The van der Waals surface area contributed by atoms with E-state index in [1.165, 1.54) is 0 Å². The van der Waals surface area contributed by atoms with Crippen molar-refractivity contribution in [2.45, 2.75) is 32.9 Å². The minimum atomic E-state index is -0.0533. The molecule has 0 bridgehead atoms. The average Bonchev–Trinajstić information content (AvgIpc) is 2.76. The maximum absolute atomic E-state index is 6.38. The van der Waals surface area contributed by atoms with E-state index in [9.17, 15) is 0 Å². The van der Waals surface area contributed by atoms with Crippen molar-refractivity contribution in [3.63, 3.8) is 0 Å². The van der Waals surface area contributed by atoms with Gasteiger partial charge < -0.3 is 5.32 Å². The smallest absolute Gasteiger partial charge is 0.0837 e. The lowest BCUT2D eigenvalue weighted by atomic mass is 10.0. The molecule has 1 aromatic carbocycles. The fraction of sp³-hybridized carbons (Fsp3) is 0.400. The van der Waals surface area contributed by atoms with Gasteiger partial charge in [-0.3, -0.25) is 4.68 Å². The third-order valence-corrected chi connectivity index (χ3v) is 4.14. The first-order valence-corrected chi connectivity index (χ1v) is 8.41. The predicted octanol–water partition coefficient (Wildman–Crippen LogP) is 5.23. The number of halogens is 3. The second kappa shape index (κ2) is 7.14. The molecule has 6 heteroatoms. The monoisotopic (exact) mass is 389 g/mol. The molecule has 0 radical (unpaired) electrons. The standard InChI is InChI=1S/C15H18BrCl2N3/c1-4-19-14(10-5-11(16)7-12(17)6-10)15-13(18)8-20-21(15)9(2)3/h5-9,14,19H,4H2,1-3H3. The van der Waals surface area contributed by atoms with E-state index in [1.807, 2.05) is 22.9 Å². The maximum atomic E-state index is 6.38. The van der Waals surface area contributed by atoms with Gasteiger partial charge in [0.25, 0.3) is 0 Å². The average molecular weight is 391 g/mol. The van der Waals surface area contributed by atoms with Crippen LogP contribution in [0.25, 0.3) is 0 Å². The highest BCUT2D eigenvalue weighted by molar-refractivity contribution is 9.10. The van der Waals surface area contributed by atoms with Crippen LogP contribution in [0.3, 0.4) is 0 Å². The first-order valence-electron chi connectivity index (χ1n) is 6.86. The Morgan fingerprint density at radius 2 is 2.00 bits per heavy atom. The van der Waals surface area contributed by atoms with Gasteiger partial charge in [-0.25, -0.2) is 0 Å². The minimum Gasteiger partial charge on any atom is -0.305 e. The van der Waals surface area contributed by atoms with Crippen molar-refractivity contribution in [1.29, 1.82) is 0 Å². The van der Waals surface area contributed by atoms with E-state index >= 15 is 0 Å². The maximum Gasteiger partial charge on any atom is 0.0837 e. The SMILES string of the molecule is CCNC(c1cc(Cl)cc(Br)c1)c1c(Cl)cnn1C(C)C. The normalized spacial score (nSPS) is 12.9. The number of nitrogens with one attached hydrogen (secondary N) is 1. The third-order valence-electron chi connectivity index (χ3n) is 3.18. The number of benzene rings is 1. The molecule has 0 saturated carbocycles. The van der Waals surface area contributed by atoms with Gasteiger partial charge in [0.2, 0.25) is 0 Å². The molecular formula is C15H18BrCl2N3. The summed E-state index contributed by atoms with van der Waals surface area (Å²) in [5, 5.41) is 9.20. The molecule has 1 N–H and O–H groups in total. The van der Waals surface area contributed by atoms with Crippen LogP contribution in [0.1, 0.15) is 44.1 Å². The molecule has 0 spiro atoms. The zero-order chi connectivity index (χ0) is 15.6. The summed E-state index contributed by atoms with van der Waals surface area (Å²) in [5.41, 5.74) is 2.02. The Bertz CT molecular complexity index is 605. The van der Waals surface area contributed by atoms with E-state index in [2.05, 4.69) is 47.1 Å². The van der Waals surface area contributed by atoms with Crippen LogP contribution < -0.4 is 5.32 Å². The lowest BCUT2D eigenvalue weighted by molar-refractivity contribution is 0.476. The molecule has 0 aliphatic carbocycles. The van der Waals surface area contributed by atoms with E-state index in [0.29, 0.717) is 10.0 Å². The fourth-order valence-electron chi connectivity index (χ4n) is 2.35. The van der Waals surface area contributed by atoms with E-state index < -0.39 is 0 Å². The summed E-state index contributed by atoms with van der Waals surface area (Å²) in [6.45, 7) is 7.05. The van der Waals surface area contributed by atoms with Crippen molar-refractivity contribution < 1.29 is 0 Å². The first kappa shape index (κ1) is 16.8. The number of aromatic nitrogens is 2. The lowest BCUT2D eigenvalue weighted by Crippen LogP contribution is -2.26. The molecule has 0 amide bonds. The summed E-state index contributed by atoms with van der Waals surface area (Å²) >= 11 is 16.1. The first-order chi connectivity index (χ1) is 9.93. The summed E-state index contributed by atoms with van der Waals surface area (Å²) in [6, 6.07) is 6.05. The molecule has 0 aliphatic heterocycles. The van der Waals surface area contributed by atoms with Gasteiger partial charge in [-0.1, -0.05) is 46.1 Å². The number of hydrogen-bond donors (Lipinski definition) is 1. The number of hydrogen-bond acceptors (Lipinski definition) is 2. The third kappa shape index (κ3) is 3.81. The van der Waals surface area contributed by atoms with Crippen LogP contribution in [0.2, 0.25) is 10.0 Å². The van der Waals surface area contributed by atoms with Crippen LogP contribution >= 0.6 is 39.1 Å². The van der Waals surface area contributed by atoms with Gasteiger partial charge >= 0.3 is 0 Å². The van der Waals surface area contributed by atoms with Crippen LogP contribution in [0.15, 0.2) is 28.9 Å². The Hall–Kier alpha value is -0.550. The second-order valence-electron chi connectivity index (χ2n) is 5.11. The summed E-state index contributed by atoms with van der Waals surface area (Å²) in [4.78, 5) is 0. The van der Waals surface area contributed by atoms with Gasteiger partial charge in [-0.15, -0.1) is 0 Å². The van der Waals surface area contributed by atoms with Gasteiger partial charge in [0.05, 0.1) is 23.0 Å². The van der Waals surface area contributed by atoms with Crippen LogP contribution in [0.5, 0.6) is 0 Å². The zero-order valence-electron chi connectivity index (χ0n) is 12.2. The van der Waals surface area contributed by atoms with Crippen molar-refractivity contribution in [2.75, 3.05) is 6.54 Å². The summed E-state index contributed by atoms with van der Waals surface area (Å²) in [6.07, 6.45) is 1.70. The van der Waals surface area contributed by atoms with Crippen molar-refractivity contribution in [2.24, 2.45) is 0 Å². The molecule has 1 atom stereocenters. The Morgan fingerprint density at radius 1 is 1.29 bits per heavy atom. The molecule has 0 fully saturated rings. The molecule has 1 aromatic heterocycles. The molecule has 2 aromatic rings. The lowest BCUT2D eigenvalue weighted by Gasteiger charge is -2.22. The molecular weight excluding hydrogens is 373 g/mol. The fourth-order valence-corrected chi connectivity index (χ4v) is 3.48. The molecule has 0 saturated heterocycles. The molecule has 1 heterocycles. The summed E-state index contributed by atoms with van der Waals surface area (Å²) < 4.78 is 2.89. The Balaban J connectivity index is 2.56. The highest BCUT2D eigenvalue weighted by Crippen LogP contribution is 2.33. The molecule has 3 nitrogen and oxygen atoms in total. The predicted molar refractivity (Wildman–Crippen MR) is 92.3 cm³/mol. The number of nitrogens with zero attached hydrogens (tertiary/aromatic N) is 2. The van der Waals surface area contributed by atoms with E-state index in [-0.39, 0.29) is 12.1 Å². The van der Waals surface area contributed by atoms with E-state index in [0.717, 1.165) is 22.3 Å². The molecule has 1 unspecified atom stereocenters. The van der Waals surface area contributed by atoms with Gasteiger partial charge in [-0.05, 0) is 44.2 Å². The highest BCUT2D eigenvalue weighted by Gasteiger charge is 2.23. The second-order valence-corrected chi connectivity index (χ2v) is 6.87. The van der Waals surface area contributed by atoms with Crippen LogP contribution in [-0.4, -0.2) is 16.3 Å². The summed E-state index contributed by atoms with van der Waals surface area (Å²) in [7, 11) is 0. The van der Waals surface area contributed by atoms with Crippen LogP contribution in [0.4, 0.5) is 0 Å². The zero-order valence-corrected chi connectivity index (χ0v) is 15.3. The molecule has 0 aliphatic rings. The Kier molecular flexibility index (Phi) is 5.72. The van der Waals surface area contributed by atoms with Crippen molar-refractivity contribution >= 4 is 39.1 Å². The van der Waals surface area contributed by atoms with Gasteiger partial charge in [0.15, 0.2) is 0 Å². The summed E-state index contributed by atoms with van der Waals surface area (Å²) in [5.74, 6) is 0. The Labute approximate surface area is 143 Å². The van der Waals surface area contributed by atoms with Gasteiger partial charge in [0.1, 0.15) is 0 Å². The van der Waals surface area contributed by atoms with Crippen molar-refractivity contribution in [1.82, 2.24) is 15.1 Å². The minimum absolute atomic E-state index is 0.0533. The van der Waals surface area contributed by atoms with Crippen LogP contribution in [0, 0.1) is 0 Å². The highest BCUT2D eigenvalue weighted by atomic mass is 79.9. The molecule has 114 valence electrons. The molecule has 2 rings (SSSR count). The van der Waals surface area contributed by atoms with Gasteiger partial charge in [-0.2, -0.15) is 5.10 Å². The topological polar surface area (TPSA) is 29.9 Å². The largest absolute Gasteiger partial charge is 0.305 e. The van der Waals surface area contributed by atoms with Gasteiger partial charge in [0, 0.05) is 15.5 Å². The van der Waals surface area contributed by atoms with Crippen molar-refractivity contribution in [3.8, 4) is 0 Å². The Morgan fingerprint density at radius 3 is 2.57 bits per heavy atom. The van der Waals surface area contributed by atoms with Crippen molar-refractivity contribution in [3.05, 3.63) is 50.2 Å². The van der Waals surface area contributed by atoms with Crippen LogP contribution in [-0.2, 0) is 0 Å².